The Labute approximate surface area is 112 Å². The van der Waals surface area contributed by atoms with Crippen molar-refractivity contribution in [3.8, 4) is 0 Å². The van der Waals surface area contributed by atoms with E-state index < -0.39 is 0 Å². The van der Waals surface area contributed by atoms with Crippen molar-refractivity contribution in [2.24, 2.45) is 11.8 Å². The van der Waals surface area contributed by atoms with Crippen molar-refractivity contribution in [2.75, 3.05) is 13.2 Å². The Hall–Kier alpha value is -0.340. The number of hydrogen-bond donors (Lipinski definition) is 1. The molecule has 0 bridgehead atoms. The molecule has 2 aliphatic rings. The highest BCUT2D eigenvalue weighted by molar-refractivity contribution is 4.95. The molecule has 3 unspecified atom stereocenters. The van der Waals surface area contributed by atoms with Crippen LogP contribution in [0.4, 0.5) is 0 Å². The van der Waals surface area contributed by atoms with Gasteiger partial charge in [-0.2, -0.15) is 0 Å². The van der Waals surface area contributed by atoms with Gasteiger partial charge in [0, 0.05) is 18.7 Å². The normalized spacial score (nSPS) is 33.6. The van der Waals surface area contributed by atoms with E-state index in [9.17, 15) is 0 Å². The molecule has 0 spiro atoms. The van der Waals surface area contributed by atoms with Gasteiger partial charge in [0.15, 0.2) is 0 Å². The van der Waals surface area contributed by atoms with Gasteiger partial charge in [-0.05, 0) is 64.7 Å². The Morgan fingerprint density at radius 1 is 1.22 bits per heavy atom. The monoisotopic (exact) mass is 251 g/mol. The van der Waals surface area contributed by atoms with Crippen LogP contribution in [0.2, 0.25) is 0 Å². The second-order valence-electron chi connectivity index (χ2n) is 6.91. The summed E-state index contributed by atoms with van der Waals surface area (Å²) in [6.07, 6.45) is 11.5. The average molecular weight is 251 g/mol. The lowest BCUT2D eigenvalue weighted by atomic mass is 9.80. The highest BCUT2D eigenvalue weighted by atomic mass is 16.5. The Bertz CT molecular complexity index is 279. The van der Waals surface area contributed by atoms with Gasteiger partial charge in [-0.25, -0.2) is 0 Å². The highest BCUT2D eigenvalue weighted by Crippen LogP contribution is 2.33. The summed E-state index contributed by atoms with van der Waals surface area (Å²) >= 11 is 0. The van der Waals surface area contributed by atoms with Crippen LogP contribution >= 0.6 is 0 Å². The molecule has 1 heterocycles. The molecule has 2 rings (SSSR count). The molecule has 1 aliphatic carbocycles. The van der Waals surface area contributed by atoms with Crippen LogP contribution in [0.3, 0.4) is 0 Å². The average Bonchev–Trinajstić information content (AvgIpc) is 2.37. The molecule has 1 saturated heterocycles. The Morgan fingerprint density at radius 2 is 2.06 bits per heavy atom. The lowest BCUT2D eigenvalue weighted by Crippen LogP contribution is -2.46. The van der Waals surface area contributed by atoms with E-state index in [1.54, 1.807) is 0 Å². The van der Waals surface area contributed by atoms with E-state index in [0.717, 1.165) is 19.1 Å². The minimum absolute atomic E-state index is 0.217. The molecular weight excluding hydrogens is 222 g/mol. The van der Waals surface area contributed by atoms with Gasteiger partial charge in [0.25, 0.3) is 0 Å². The van der Waals surface area contributed by atoms with Gasteiger partial charge in [-0.1, -0.05) is 12.2 Å². The summed E-state index contributed by atoms with van der Waals surface area (Å²) < 4.78 is 6.12. The summed E-state index contributed by atoms with van der Waals surface area (Å²) in [5.41, 5.74) is 0.217. The van der Waals surface area contributed by atoms with Crippen LogP contribution in [-0.2, 0) is 4.74 Å². The van der Waals surface area contributed by atoms with Crippen LogP contribution in [0, 0.1) is 11.8 Å². The van der Waals surface area contributed by atoms with E-state index in [1.165, 1.54) is 32.1 Å². The number of hydrogen-bond acceptors (Lipinski definition) is 2. The second kappa shape index (κ2) is 6.21. The summed E-state index contributed by atoms with van der Waals surface area (Å²) in [7, 11) is 0. The maximum atomic E-state index is 6.12. The van der Waals surface area contributed by atoms with E-state index in [0.29, 0.717) is 12.0 Å². The minimum Gasteiger partial charge on any atom is -0.378 e. The fraction of sp³-hybridized carbons (Fsp3) is 0.875. The zero-order valence-corrected chi connectivity index (χ0v) is 12.2. The molecule has 3 atom stereocenters. The van der Waals surface area contributed by atoms with Gasteiger partial charge >= 0.3 is 0 Å². The largest absolute Gasteiger partial charge is 0.378 e. The summed E-state index contributed by atoms with van der Waals surface area (Å²) in [5.74, 6) is 1.46. The van der Waals surface area contributed by atoms with Gasteiger partial charge in [-0.3, -0.25) is 0 Å². The Kier molecular flexibility index (Phi) is 4.85. The first-order chi connectivity index (χ1) is 8.56. The molecule has 0 amide bonds. The Balaban J connectivity index is 1.90. The van der Waals surface area contributed by atoms with Gasteiger partial charge < -0.3 is 10.1 Å². The summed E-state index contributed by atoms with van der Waals surface area (Å²) in [6, 6.07) is 0. The highest BCUT2D eigenvalue weighted by Gasteiger charge is 2.33. The maximum Gasteiger partial charge on any atom is 0.0646 e. The van der Waals surface area contributed by atoms with Crippen molar-refractivity contribution >= 4 is 0 Å². The summed E-state index contributed by atoms with van der Waals surface area (Å²) in [6.45, 7) is 8.81. The molecule has 2 heteroatoms. The quantitative estimate of drug-likeness (QED) is 0.775. The number of allylic oxidation sites excluding steroid dienone is 2. The van der Waals surface area contributed by atoms with Crippen molar-refractivity contribution in [1.29, 1.82) is 0 Å². The molecule has 1 fully saturated rings. The lowest BCUT2D eigenvalue weighted by Gasteiger charge is -2.39. The number of rotatable bonds is 3. The zero-order chi connectivity index (χ0) is 13.0. The standard InChI is InChI=1S/C16H29NO/c1-16(2,3)17-12-14-10-7-11-18-15(14)13-8-5-4-6-9-13/h4-5,13-15,17H,6-12H2,1-3H3. The molecule has 2 nitrogen and oxygen atoms in total. The molecule has 18 heavy (non-hydrogen) atoms. The second-order valence-corrected chi connectivity index (χ2v) is 6.91. The first kappa shape index (κ1) is 14.1. The van der Waals surface area contributed by atoms with Gasteiger partial charge in [0.2, 0.25) is 0 Å². The minimum atomic E-state index is 0.217. The van der Waals surface area contributed by atoms with Crippen LogP contribution in [0.1, 0.15) is 52.9 Å². The van der Waals surface area contributed by atoms with E-state index in [4.69, 9.17) is 4.74 Å². The van der Waals surface area contributed by atoms with Crippen molar-refractivity contribution in [2.45, 2.75) is 64.5 Å². The molecule has 0 saturated carbocycles. The predicted molar refractivity (Wildman–Crippen MR) is 76.7 cm³/mol. The van der Waals surface area contributed by atoms with Gasteiger partial charge in [0.1, 0.15) is 0 Å². The van der Waals surface area contributed by atoms with Crippen molar-refractivity contribution in [1.82, 2.24) is 5.32 Å². The van der Waals surface area contributed by atoms with Crippen LogP contribution in [0.5, 0.6) is 0 Å². The van der Waals surface area contributed by atoms with Crippen molar-refractivity contribution < 1.29 is 4.74 Å². The molecule has 0 aromatic rings. The van der Waals surface area contributed by atoms with Crippen molar-refractivity contribution in [3.05, 3.63) is 12.2 Å². The fourth-order valence-electron chi connectivity index (χ4n) is 3.16. The van der Waals surface area contributed by atoms with E-state index in [2.05, 4.69) is 38.2 Å². The SMILES string of the molecule is CC(C)(C)NCC1CCCOC1C1CC=CCC1. The molecule has 0 aromatic heterocycles. The van der Waals surface area contributed by atoms with E-state index >= 15 is 0 Å². The molecule has 104 valence electrons. The maximum absolute atomic E-state index is 6.12. The molecule has 0 aromatic carbocycles. The van der Waals surface area contributed by atoms with Crippen LogP contribution in [-0.4, -0.2) is 24.8 Å². The lowest BCUT2D eigenvalue weighted by molar-refractivity contribution is -0.0629. The zero-order valence-electron chi connectivity index (χ0n) is 12.2. The van der Waals surface area contributed by atoms with Gasteiger partial charge in [-0.15, -0.1) is 0 Å². The topological polar surface area (TPSA) is 21.3 Å². The molecule has 1 N–H and O–H groups in total. The van der Waals surface area contributed by atoms with Crippen LogP contribution in [0.25, 0.3) is 0 Å². The Morgan fingerprint density at radius 3 is 2.72 bits per heavy atom. The number of nitrogens with one attached hydrogen (secondary N) is 1. The third-order valence-electron chi connectivity index (χ3n) is 4.16. The number of ether oxygens (including phenoxy) is 1. The van der Waals surface area contributed by atoms with Crippen LogP contribution < -0.4 is 5.32 Å². The molecule has 1 aliphatic heterocycles. The third kappa shape index (κ3) is 4.10. The smallest absolute Gasteiger partial charge is 0.0646 e. The van der Waals surface area contributed by atoms with E-state index in [-0.39, 0.29) is 5.54 Å². The first-order valence-electron chi connectivity index (χ1n) is 7.58. The summed E-state index contributed by atoms with van der Waals surface area (Å²) in [4.78, 5) is 0. The predicted octanol–water partition coefficient (Wildman–Crippen LogP) is 3.53. The summed E-state index contributed by atoms with van der Waals surface area (Å²) in [5, 5.41) is 3.66. The fourth-order valence-corrected chi connectivity index (χ4v) is 3.16. The molecule has 0 radical (unpaired) electrons. The molecular formula is C16H29NO. The van der Waals surface area contributed by atoms with Crippen LogP contribution in [0.15, 0.2) is 12.2 Å². The van der Waals surface area contributed by atoms with Gasteiger partial charge in [0.05, 0.1) is 6.10 Å². The first-order valence-corrected chi connectivity index (χ1v) is 7.58. The van der Waals surface area contributed by atoms with E-state index in [1.807, 2.05) is 0 Å². The van der Waals surface area contributed by atoms with Crippen molar-refractivity contribution in [3.63, 3.8) is 0 Å². The third-order valence-corrected chi connectivity index (χ3v) is 4.16.